The summed E-state index contributed by atoms with van der Waals surface area (Å²) >= 11 is 0. The zero-order chi connectivity index (χ0) is 25.8. The van der Waals surface area contributed by atoms with E-state index in [4.69, 9.17) is 20.2 Å². The summed E-state index contributed by atoms with van der Waals surface area (Å²) in [7, 11) is 0. The van der Waals surface area contributed by atoms with Crippen LogP contribution in [0.2, 0.25) is 0 Å². The molecule has 0 spiro atoms. The lowest BCUT2D eigenvalue weighted by atomic mass is 9.90. The minimum atomic E-state index is -4.46. The Morgan fingerprint density at radius 1 is 1.16 bits per heavy atom. The molecule has 2 fully saturated rings. The Kier molecular flexibility index (Phi) is 5.81. The van der Waals surface area contributed by atoms with Crippen LogP contribution in [0.1, 0.15) is 24.9 Å². The highest BCUT2D eigenvalue weighted by atomic mass is 19.4. The normalized spacial score (nSPS) is 20.8. The summed E-state index contributed by atoms with van der Waals surface area (Å²) in [4.78, 5) is 6.18. The molecule has 194 valence electrons. The zero-order valence-electron chi connectivity index (χ0n) is 20.3. The molecule has 2 saturated heterocycles. The number of ether oxygens (including phenoxy) is 2. The third-order valence-electron chi connectivity index (χ3n) is 7.06. The van der Waals surface area contributed by atoms with Gasteiger partial charge in [-0.15, -0.1) is 10.2 Å². The van der Waals surface area contributed by atoms with E-state index >= 15 is 0 Å². The third kappa shape index (κ3) is 4.51. The van der Waals surface area contributed by atoms with E-state index in [-0.39, 0.29) is 23.6 Å². The summed E-state index contributed by atoms with van der Waals surface area (Å²) in [5.74, 6) is 0.983. The lowest BCUT2D eigenvalue weighted by Gasteiger charge is -2.37. The van der Waals surface area contributed by atoms with Crippen LogP contribution < -0.4 is 10.5 Å². The maximum Gasteiger partial charge on any atom is 0.408 e. The van der Waals surface area contributed by atoms with Crippen molar-refractivity contribution in [2.75, 3.05) is 32.9 Å². The molecule has 8 nitrogen and oxygen atoms in total. The number of halogens is 3. The van der Waals surface area contributed by atoms with Crippen LogP contribution in [0.3, 0.4) is 0 Å². The Hall–Kier alpha value is -3.28. The largest absolute Gasteiger partial charge is 0.491 e. The van der Waals surface area contributed by atoms with Gasteiger partial charge in [0.1, 0.15) is 23.0 Å². The van der Waals surface area contributed by atoms with E-state index in [0.717, 1.165) is 5.39 Å². The van der Waals surface area contributed by atoms with Gasteiger partial charge < -0.3 is 15.2 Å². The topological polar surface area (TPSA) is 90.8 Å². The summed E-state index contributed by atoms with van der Waals surface area (Å²) in [6.45, 7) is 4.37. The Labute approximate surface area is 211 Å². The van der Waals surface area contributed by atoms with Crippen LogP contribution in [0.4, 0.5) is 13.2 Å². The summed E-state index contributed by atoms with van der Waals surface area (Å²) < 4.78 is 55.5. The van der Waals surface area contributed by atoms with E-state index in [0.29, 0.717) is 61.2 Å². The van der Waals surface area contributed by atoms with E-state index < -0.39 is 12.2 Å². The number of rotatable bonds is 6. The number of aromatic nitrogens is 4. The lowest BCUT2D eigenvalue weighted by molar-refractivity contribution is -0.183. The highest BCUT2D eigenvalue weighted by Crippen LogP contribution is 2.39. The molecule has 0 saturated carbocycles. The van der Waals surface area contributed by atoms with E-state index in [9.17, 15) is 13.2 Å². The summed E-state index contributed by atoms with van der Waals surface area (Å²) in [5, 5.41) is 9.31. The van der Waals surface area contributed by atoms with Gasteiger partial charge in [-0.1, -0.05) is 31.2 Å². The van der Waals surface area contributed by atoms with Gasteiger partial charge >= 0.3 is 6.18 Å². The predicted octanol–water partition coefficient (Wildman–Crippen LogP) is 4.00. The average molecular weight is 513 g/mol. The van der Waals surface area contributed by atoms with Crippen molar-refractivity contribution in [3.8, 4) is 17.3 Å². The van der Waals surface area contributed by atoms with Crippen molar-refractivity contribution >= 4 is 16.6 Å². The molecule has 37 heavy (non-hydrogen) atoms. The quantitative estimate of drug-likeness (QED) is 0.418. The highest BCUT2D eigenvalue weighted by molar-refractivity contribution is 5.86. The number of fused-ring (bicyclic) bond motifs is 2. The molecular formula is C26H27F3N6O2. The molecule has 5 heterocycles. The van der Waals surface area contributed by atoms with Crippen molar-refractivity contribution in [1.82, 2.24) is 24.5 Å². The molecule has 3 aromatic heterocycles. The molecule has 1 unspecified atom stereocenters. The Balaban J connectivity index is 1.38. The number of likely N-dealkylation sites (tertiary alicyclic amines) is 1. The summed E-state index contributed by atoms with van der Waals surface area (Å²) in [5.41, 5.74) is 7.55. The monoisotopic (exact) mass is 512 g/mol. The van der Waals surface area contributed by atoms with Crippen LogP contribution >= 0.6 is 0 Å². The van der Waals surface area contributed by atoms with Crippen LogP contribution in [0, 0.1) is 5.41 Å². The van der Waals surface area contributed by atoms with Gasteiger partial charge in [-0.3, -0.25) is 9.30 Å². The fourth-order valence-corrected chi connectivity index (χ4v) is 5.05. The zero-order valence-corrected chi connectivity index (χ0v) is 20.3. The molecule has 0 aliphatic carbocycles. The van der Waals surface area contributed by atoms with Crippen molar-refractivity contribution in [1.29, 1.82) is 0 Å². The number of pyridine rings is 2. The average Bonchev–Trinajstić information content (AvgIpc) is 3.46. The third-order valence-corrected chi connectivity index (χ3v) is 7.06. The molecule has 2 aliphatic rings. The fraction of sp³-hybridized carbons (Fsp3) is 0.423. The molecule has 2 N–H and O–H groups in total. The first kappa shape index (κ1) is 24.1. The Morgan fingerprint density at radius 2 is 2.00 bits per heavy atom. The SMILES string of the molecule is CC1(COc2cccc3ccc(-c4nnc5ccc([C@@H](N6CCC(N)C6)C(F)(F)F)cn45)nc23)COC1. The maximum absolute atomic E-state index is 14.2. The highest BCUT2D eigenvalue weighted by Gasteiger charge is 2.46. The minimum absolute atomic E-state index is 0.0341. The van der Waals surface area contributed by atoms with Crippen LogP contribution in [0.25, 0.3) is 28.1 Å². The van der Waals surface area contributed by atoms with E-state index in [1.807, 2.05) is 24.3 Å². The van der Waals surface area contributed by atoms with Crippen LogP contribution in [-0.2, 0) is 4.74 Å². The van der Waals surface area contributed by atoms with Gasteiger partial charge in [0.05, 0.1) is 19.8 Å². The van der Waals surface area contributed by atoms with Crippen molar-refractivity contribution in [3.05, 3.63) is 54.2 Å². The molecule has 1 aromatic carbocycles. The molecule has 11 heteroatoms. The minimum Gasteiger partial charge on any atom is -0.491 e. The number of para-hydroxylation sites is 1. The molecular weight excluding hydrogens is 485 g/mol. The van der Waals surface area contributed by atoms with Gasteiger partial charge in [-0.25, -0.2) is 4.98 Å². The van der Waals surface area contributed by atoms with Gasteiger partial charge in [0.2, 0.25) is 0 Å². The molecule has 2 aliphatic heterocycles. The molecule has 0 amide bonds. The first-order chi connectivity index (χ1) is 17.7. The second-order valence-corrected chi connectivity index (χ2v) is 10.3. The van der Waals surface area contributed by atoms with Crippen molar-refractivity contribution in [3.63, 3.8) is 0 Å². The van der Waals surface area contributed by atoms with E-state index in [2.05, 4.69) is 17.1 Å². The van der Waals surface area contributed by atoms with E-state index in [1.165, 1.54) is 17.2 Å². The van der Waals surface area contributed by atoms with Gasteiger partial charge in [0.25, 0.3) is 0 Å². The Morgan fingerprint density at radius 3 is 2.70 bits per heavy atom. The fourth-order valence-electron chi connectivity index (χ4n) is 5.05. The number of nitrogens with zero attached hydrogens (tertiary/aromatic N) is 5. The van der Waals surface area contributed by atoms with Crippen molar-refractivity contribution in [2.45, 2.75) is 31.6 Å². The molecule has 4 aromatic rings. The van der Waals surface area contributed by atoms with Gasteiger partial charge in [-0.2, -0.15) is 13.2 Å². The predicted molar refractivity (Wildman–Crippen MR) is 131 cm³/mol. The number of hydrogen-bond donors (Lipinski definition) is 1. The van der Waals surface area contributed by atoms with Crippen molar-refractivity contribution < 1.29 is 22.6 Å². The molecule has 0 bridgehead atoms. The molecule has 2 atom stereocenters. The number of hydrogen-bond acceptors (Lipinski definition) is 7. The summed E-state index contributed by atoms with van der Waals surface area (Å²) in [6.07, 6.45) is -2.47. The van der Waals surface area contributed by atoms with Crippen LogP contribution in [-0.4, -0.2) is 69.6 Å². The standard InChI is InChI=1S/C26H27F3N6O2/c1-25(13-36-14-25)15-37-20-4-2-3-16-5-7-19(31-22(16)20)24-33-32-21-8-6-17(11-35(21)24)23(26(27,28)29)34-10-9-18(30)12-34/h2-8,11,18,23H,9-10,12-15,30H2,1H3/t18?,23-/m1/s1. The van der Waals surface area contributed by atoms with Gasteiger partial charge in [-0.05, 0) is 30.2 Å². The molecule has 0 radical (unpaired) electrons. The van der Waals surface area contributed by atoms with Crippen LogP contribution in [0.5, 0.6) is 5.75 Å². The van der Waals surface area contributed by atoms with Gasteiger partial charge in [0.15, 0.2) is 11.5 Å². The maximum atomic E-state index is 14.2. The second kappa shape index (κ2) is 8.93. The first-order valence-corrected chi connectivity index (χ1v) is 12.2. The molecule has 6 rings (SSSR count). The first-order valence-electron chi connectivity index (χ1n) is 12.2. The Bertz CT molecular complexity index is 1450. The lowest BCUT2D eigenvalue weighted by Crippen LogP contribution is -2.44. The number of nitrogens with two attached hydrogens (primary N) is 1. The number of benzene rings is 1. The van der Waals surface area contributed by atoms with Gasteiger partial charge in [0, 0.05) is 36.1 Å². The van der Waals surface area contributed by atoms with E-state index in [1.54, 1.807) is 16.5 Å². The number of alkyl halides is 3. The van der Waals surface area contributed by atoms with Crippen molar-refractivity contribution in [2.24, 2.45) is 11.1 Å². The second-order valence-electron chi connectivity index (χ2n) is 10.3. The summed E-state index contributed by atoms with van der Waals surface area (Å²) in [6, 6.07) is 10.4. The van der Waals surface area contributed by atoms with Crippen LogP contribution in [0.15, 0.2) is 48.7 Å². The smallest absolute Gasteiger partial charge is 0.408 e.